The summed E-state index contributed by atoms with van der Waals surface area (Å²) in [5, 5.41) is 8.37. The highest BCUT2D eigenvalue weighted by Crippen LogP contribution is 2.35. The third-order valence-electron chi connectivity index (χ3n) is 5.08. The van der Waals surface area contributed by atoms with Crippen LogP contribution in [0, 0.1) is 0 Å². The van der Waals surface area contributed by atoms with Gasteiger partial charge >= 0.3 is 0 Å². The Morgan fingerprint density at radius 2 is 2.11 bits per heavy atom. The molecule has 2 aromatic heterocycles. The number of aryl methyl sites for hydroxylation is 1. The number of carbonyl (C=O) groups is 1. The van der Waals surface area contributed by atoms with Crippen molar-refractivity contribution in [3.8, 4) is 11.3 Å². The molecule has 0 saturated carbocycles. The first kappa shape index (κ1) is 16.3. The van der Waals surface area contributed by atoms with Gasteiger partial charge in [-0.1, -0.05) is 29.8 Å². The van der Waals surface area contributed by atoms with Gasteiger partial charge in [-0.2, -0.15) is 5.10 Å². The summed E-state index contributed by atoms with van der Waals surface area (Å²) in [4.78, 5) is 16.8. The van der Waals surface area contributed by atoms with Gasteiger partial charge in [0.1, 0.15) is 5.69 Å². The fourth-order valence-corrected chi connectivity index (χ4v) is 3.99. The number of nitrogens with zero attached hydrogens (tertiary/aromatic N) is 3. The summed E-state index contributed by atoms with van der Waals surface area (Å²) >= 11 is 6.05. The van der Waals surface area contributed by atoms with E-state index in [4.69, 9.17) is 16.7 Å². The summed E-state index contributed by atoms with van der Waals surface area (Å²) in [5.41, 5.74) is 6.83. The molecule has 5 rings (SSSR count). The molecule has 6 heteroatoms. The second-order valence-electron chi connectivity index (χ2n) is 6.81. The van der Waals surface area contributed by atoms with Crippen molar-refractivity contribution in [3.63, 3.8) is 0 Å². The van der Waals surface area contributed by atoms with E-state index in [-0.39, 0.29) is 5.91 Å². The molecular weight excluding hydrogens is 360 g/mol. The van der Waals surface area contributed by atoms with Crippen LogP contribution in [0.2, 0.25) is 5.02 Å². The summed E-state index contributed by atoms with van der Waals surface area (Å²) in [5.74, 6) is -0.0198. The molecule has 134 valence electrons. The van der Waals surface area contributed by atoms with Crippen molar-refractivity contribution in [2.45, 2.75) is 19.4 Å². The molecule has 5 nitrogen and oxygen atoms in total. The lowest BCUT2D eigenvalue weighted by Crippen LogP contribution is -2.36. The molecule has 0 bridgehead atoms. The molecular formula is C21H17ClN4O. The van der Waals surface area contributed by atoms with Gasteiger partial charge in [0.05, 0.1) is 17.9 Å². The average molecular weight is 377 g/mol. The fraction of sp³-hybridized carbons (Fsp3) is 0.190. The van der Waals surface area contributed by atoms with Crippen LogP contribution in [0.4, 0.5) is 0 Å². The van der Waals surface area contributed by atoms with Gasteiger partial charge in [-0.15, -0.1) is 0 Å². The lowest BCUT2D eigenvalue weighted by atomic mass is 9.89. The van der Waals surface area contributed by atoms with Gasteiger partial charge < -0.3 is 5.32 Å². The molecule has 1 aliphatic carbocycles. The number of carbonyl (C=O) groups excluding carboxylic acids is 1. The second kappa shape index (κ2) is 6.35. The summed E-state index contributed by atoms with van der Waals surface area (Å²) in [6.45, 7) is 1.35. The van der Waals surface area contributed by atoms with Gasteiger partial charge in [0.15, 0.2) is 0 Å². The molecule has 3 heterocycles. The van der Waals surface area contributed by atoms with Crippen LogP contribution < -0.4 is 5.32 Å². The molecule has 3 aromatic rings. The molecule has 0 radical (unpaired) electrons. The van der Waals surface area contributed by atoms with Crippen molar-refractivity contribution < 1.29 is 4.79 Å². The molecule has 1 N–H and O–H groups in total. The van der Waals surface area contributed by atoms with Crippen LogP contribution in [0.5, 0.6) is 0 Å². The Morgan fingerprint density at radius 1 is 1.19 bits per heavy atom. The van der Waals surface area contributed by atoms with E-state index in [1.165, 1.54) is 5.56 Å². The molecule has 1 amide bonds. The zero-order chi connectivity index (χ0) is 18.4. The third kappa shape index (κ3) is 2.84. The van der Waals surface area contributed by atoms with Crippen LogP contribution in [0.15, 0.2) is 36.5 Å². The van der Waals surface area contributed by atoms with Crippen molar-refractivity contribution in [2.24, 2.45) is 0 Å². The van der Waals surface area contributed by atoms with Crippen LogP contribution in [0.3, 0.4) is 0 Å². The molecule has 0 saturated heterocycles. The maximum absolute atomic E-state index is 12.3. The molecule has 27 heavy (non-hydrogen) atoms. The normalized spacial score (nSPS) is 15.2. The van der Waals surface area contributed by atoms with Crippen molar-refractivity contribution in [2.75, 3.05) is 6.54 Å². The van der Waals surface area contributed by atoms with E-state index in [1.54, 1.807) is 0 Å². The summed E-state index contributed by atoms with van der Waals surface area (Å²) in [6, 6.07) is 9.76. The van der Waals surface area contributed by atoms with Gasteiger partial charge in [-0.05, 0) is 48.2 Å². The Kier molecular flexibility index (Phi) is 3.83. The van der Waals surface area contributed by atoms with Gasteiger partial charge in [0.25, 0.3) is 5.91 Å². The zero-order valence-corrected chi connectivity index (χ0v) is 15.3. The number of nitrogens with one attached hydrogen (secondary N) is 1. The topological polar surface area (TPSA) is 59.8 Å². The number of fused-ring (bicyclic) bond motifs is 5. The van der Waals surface area contributed by atoms with Crippen molar-refractivity contribution in [1.82, 2.24) is 20.1 Å². The standard InChI is InChI=1S/C21H17ClN4O/c22-15-3-1-2-13(10-15)4-6-16-11-18-14(12-24-16)5-7-17-19(18)25-26-9-8-23-21(27)20(17)26/h1-4,6,10-12H,5,7-9H2,(H,23,27). The number of rotatable bonds is 2. The number of pyridine rings is 1. The lowest BCUT2D eigenvalue weighted by molar-refractivity contribution is 0.0923. The first-order valence-electron chi connectivity index (χ1n) is 9.00. The Morgan fingerprint density at radius 3 is 3.00 bits per heavy atom. The maximum atomic E-state index is 12.3. The molecule has 0 spiro atoms. The number of hydrogen-bond acceptors (Lipinski definition) is 3. The van der Waals surface area contributed by atoms with E-state index in [9.17, 15) is 4.79 Å². The SMILES string of the molecule is O=C1NCCn2nc3c(c21)CCc1cnc(C=Cc2cccc(Cl)c2)cc1-3. The average Bonchev–Trinajstić information content (AvgIpc) is 3.07. The highest BCUT2D eigenvalue weighted by atomic mass is 35.5. The first-order valence-corrected chi connectivity index (χ1v) is 9.38. The second-order valence-corrected chi connectivity index (χ2v) is 7.25. The monoisotopic (exact) mass is 376 g/mol. The minimum Gasteiger partial charge on any atom is -0.349 e. The summed E-state index contributed by atoms with van der Waals surface area (Å²) in [6.07, 6.45) is 7.59. The number of halogens is 1. The predicted octanol–water partition coefficient (Wildman–Crippen LogP) is 3.61. The fourth-order valence-electron chi connectivity index (χ4n) is 3.79. The Balaban J connectivity index is 1.55. The van der Waals surface area contributed by atoms with E-state index in [0.29, 0.717) is 11.6 Å². The number of hydrogen-bond donors (Lipinski definition) is 1. The van der Waals surface area contributed by atoms with Gasteiger partial charge in [0.2, 0.25) is 0 Å². The maximum Gasteiger partial charge on any atom is 0.269 e. The van der Waals surface area contributed by atoms with E-state index < -0.39 is 0 Å². The van der Waals surface area contributed by atoms with Crippen molar-refractivity contribution in [3.05, 3.63) is 69.6 Å². The summed E-state index contributed by atoms with van der Waals surface area (Å²) < 4.78 is 1.85. The molecule has 0 atom stereocenters. The van der Waals surface area contributed by atoms with Crippen LogP contribution in [0.25, 0.3) is 23.4 Å². The molecule has 1 aromatic carbocycles. The van der Waals surface area contributed by atoms with E-state index >= 15 is 0 Å². The molecule has 0 unspecified atom stereocenters. The number of benzene rings is 1. The van der Waals surface area contributed by atoms with Crippen LogP contribution in [-0.2, 0) is 19.4 Å². The van der Waals surface area contributed by atoms with Crippen molar-refractivity contribution in [1.29, 1.82) is 0 Å². The quantitative estimate of drug-likeness (QED) is 0.743. The minimum atomic E-state index is -0.0198. The van der Waals surface area contributed by atoms with Gasteiger partial charge in [-0.3, -0.25) is 14.5 Å². The first-order chi connectivity index (χ1) is 13.2. The smallest absolute Gasteiger partial charge is 0.269 e. The van der Waals surface area contributed by atoms with Crippen molar-refractivity contribution >= 4 is 29.7 Å². The van der Waals surface area contributed by atoms with Crippen LogP contribution in [0.1, 0.15) is 32.9 Å². The molecule has 2 aliphatic rings. The summed E-state index contributed by atoms with van der Waals surface area (Å²) in [7, 11) is 0. The van der Waals surface area contributed by atoms with Crippen LogP contribution in [-0.4, -0.2) is 27.2 Å². The largest absolute Gasteiger partial charge is 0.349 e. The highest BCUT2D eigenvalue weighted by Gasteiger charge is 2.30. The Bertz CT molecular complexity index is 1100. The predicted molar refractivity (Wildman–Crippen MR) is 106 cm³/mol. The highest BCUT2D eigenvalue weighted by molar-refractivity contribution is 6.30. The third-order valence-corrected chi connectivity index (χ3v) is 5.31. The molecule has 1 aliphatic heterocycles. The number of aromatic nitrogens is 3. The van der Waals surface area contributed by atoms with Gasteiger partial charge in [-0.25, -0.2) is 0 Å². The molecule has 0 fully saturated rings. The lowest BCUT2D eigenvalue weighted by Gasteiger charge is -2.17. The zero-order valence-electron chi connectivity index (χ0n) is 14.6. The van der Waals surface area contributed by atoms with E-state index in [1.807, 2.05) is 47.3 Å². The Labute approximate surface area is 161 Å². The van der Waals surface area contributed by atoms with E-state index in [2.05, 4.69) is 16.4 Å². The number of amides is 1. The minimum absolute atomic E-state index is 0.0198. The van der Waals surface area contributed by atoms with Crippen LogP contribution >= 0.6 is 11.6 Å². The van der Waals surface area contributed by atoms with Gasteiger partial charge in [0, 0.05) is 28.9 Å². The Hall–Kier alpha value is -2.92. The van der Waals surface area contributed by atoms with E-state index in [0.717, 1.165) is 53.2 Å².